The van der Waals surface area contributed by atoms with Gasteiger partial charge in [0.25, 0.3) is 0 Å². The molecule has 0 aromatic heterocycles. The molecule has 0 saturated carbocycles. The Morgan fingerprint density at radius 1 is 1.21 bits per heavy atom. The summed E-state index contributed by atoms with van der Waals surface area (Å²) in [6.45, 7) is 2.06. The number of rotatable bonds is 8. The van der Waals surface area contributed by atoms with Crippen molar-refractivity contribution in [2.75, 3.05) is 7.11 Å². The van der Waals surface area contributed by atoms with Crippen LogP contribution in [0.1, 0.15) is 32.6 Å². The molecule has 0 radical (unpaired) electrons. The molecule has 1 N–H and O–H groups in total. The average Bonchev–Trinajstić information content (AvgIpc) is 2.40. The van der Waals surface area contributed by atoms with E-state index >= 15 is 0 Å². The molecule has 1 rings (SSSR count). The summed E-state index contributed by atoms with van der Waals surface area (Å²) in [6.07, 6.45) is 2.22. The van der Waals surface area contributed by atoms with Crippen molar-refractivity contribution in [3.8, 4) is 0 Å². The number of hydrogen-bond donors (Lipinski definition) is 1. The molecule has 0 aliphatic rings. The van der Waals surface area contributed by atoms with Crippen molar-refractivity contribution in [2.45, 2.75) is 49.0 Å². The van der Waals surface area contributed by atoms with Crippen LogP contribution in [0.4, 0.5) is 0 Å². The van der Waals surface area contributed by atoms with E-state index in [1.54, 1.807) is 18.2 Å². The second-order valence-corrected chi connectivity index (χ2v) is 6.55. The van der Waals surface area contributed by atoms with E-state index in [9.17, 15) is 13.5 Å². The van der Waals surface area contributed by atoms with Crippen molar-refractivity contribution in [2.24, 2.45) is 0 Å². The lowest BCUT2D eigenvalue weighted by molar-refractivity contribution is 0.0300. The van der Waals surface area contributed by atoms with Crippen molar-refractivity contribution >= 4 is 9.84 Å². The highest BCUT2D eigenvalue weighted by molar-refractivity contribution is 7.92. The van der Waals surface area contributed by atoms with E-state index < -0.39 is 21.4 Å². The maximum Gasteiger partial charge on any atom is 0.207 e. The van der Waals surface area contributed by atoms with Crippen molar-refractivity contribution < 1.29 is 18.3 Å². The molecule has 0 bridgehead atoms. The second kappa shape index (κ2) is 7.62. The molecule has 0 amide bonds. The first-order valence-corrected chi connectivity index (χ1v) is 8.08. The van der Waals surface area contributed by atoms with Crippen LogP contribution in [0.15, 0.2) is 35.2 Å². The molecule has 0 spiro atoms. The molecule has 19 heavy (non-hydrogen) atoms. The van der Waals surface area contributed by atoms with E-state index in [2.05, 4.69) is 6.92 Å². The zero-order valence-corrected chi connectivity index (χ0v) is 12.3. The monoisotopic (exact) mass is 286 g/mol. The minimum Gasteiger partial charge on any atom is -0.389 e. The minimum atomic E-state index is -3.66. The fourth-order valence-corrected chi connectivity index (χ4v) is 3.58. The predicted octanol–water partition coefficient (Wildman–Crippen LogP) is 2.37. The van der Waals surface area contributed by atoms with Crippen LogP contribution in [-0.2, 0) is 14.6 Å². The Kier molecular flexibility index (Phi) is 6.48. The molecule has 0 saturated heterocycles. The third-order valence-electron chi connectivity index (χ3n) is 3.03. The summed E-state index contributed by atoms with van der Waals surface area (Å²) >= 11 is 0. The van der Waals surface area contributed by atoms with E-state index in [4.69, 9.17) is 4.74 Å². The fourth-order valence-electron chi connectivity index (χ4n) is 1.97. The number of aliphatic hydroxyl groups is 1. The molecule has 2 atom stereocenters. The highest BCUT2D eigenvalue weighted by Crippen LogP contribution is 2.21. The van der Waals surface area contributed by atoms with Gasteiger partial charge in [0, 0.05) is 7.11 Å². The van der Waals surface area contributed by atoms with E-state index in [-0.39, 0.29) is 4.90 Å². The highest BCUT2D eigenvalue weighted by Gasteiger charge is 2.33. The van der Waals surface area contributed by atoms with Gasteiger partial charge in [-0.05, 0) is 18.6 Å². The summed E-state index contributed by atoms with van der Waals surface area (Å²) in [4.78, 5) is 0.177. The average molecular weight is 286 g/mol. The fraction of sp³-hybridized carbons (Fsp3) is 0.571. The van der Waals surface area contributed by atoms with Crippen LogP contribution in [0.25, 0.3) is 0 Å². The molecule has 0 fully saturated rings. The molecule has 5 heteroatoms. The third kappa shape index (κ3) is 4.30. The van der Waals surface area contributed by atoms with Gasteiger partial charge in [0.1, 0.15) is 0 Å². The van der Waals surface area contributed by atoms with Crippen LogP contribution in [0.5, 0.6) is 0 Å². The zero-order chi connectivity index (χ0) is 14.3. The Morgan fingerprint density at radius 2 is 1.84 bits per heavy atom. The van der Waals surface area contributed by atoms with Gasteiger partial charge in [-0.1, -0.05) is 44.4 Å². The van der Waals surface area contributed by atoms with E-state index in [1.165, 1.54) is 19.2 Å². The first-order chi connectivity index (χ1) is 9.04. The number of methoxy groups -OCH3 is 1. The maximum absolute atomic E-state index is 12.4. The first kappa shape index (κ1) is 16.1. The van der Waals surface area contributed by atoms with Crippen LogP contribution in [0.2, 0.25) is 0 Å². The van der Waals surface area contributed by atoms with Gasteiger partial charge in [-0.25, -0.2) is 8.42 Å². The summed E-state index contributed by atoms with van der Waals surface area (Å²) in [5, 5.41) is 10.0. The molecule has 1 aromatic rings. The predicted molar refractivity (Wildman–Crippen MR) is 74.6 cm³/mol. The van der Waals surface area contributed by atoms with Crippen molar-refractivity contribution in [1.82, 2.24) is 0 Å². The van der Waals surface area contributed by atoms with Gasteiger partial charge >= 0.3 is 0 Å². The van der Waals surface area contributed by atoms with Gasteiger partial charge in [-0.15, -0.1) is 0 Å². The van der Waals surface area contributed by atoms with Gasteiger partial charge < -0.3 is 9.84 Å². The van der Waals surface area contributed by atoms with Gasteiger partial charge in [0.05, 0.1) is 11.0 Å². The van der Waals surface area contributed by atoms with Crippen molar-refractivity contribution in [3.63, 3.8) is 0 Å². The van der Waals surface area contributed by atoms with Crippen LogP contribution in [-0.4, -0.2) is 32.2 Å². The SMILES string of the molecule is CCCCCC(O)C(OC)S(=O)(=O)c1ccccc1. The molecule has 108 valence electrons. The normalized spacial score (nSPS) is 15.1. The third-order valence-corrected chi connectivity index (χ3v) is 5.08. The largest absolute Gasteiger partial charge is 0.389 e. The quantitative estimate of drug-likeness (QED) is 0.745. The number of aliphatic hydroxyl groups excluding tert-OH is 1. The molecule has 2 unspecified atom stereocenters. The zero-order valence-electron chi connectivity index (χ0n) is 11.5. The smallest absolute Gasteiger partial charge is 0.207 e. The lowest BCUT2D eigenvalue weighted by Gasteiger charge is -2.21. The number of ether oxygens (including phenoxy) is 1. The van der Waals surface area contributed by atoms with E-state index in [1.807, 2.05) is 0 Å². The first-order valence-electron chi connectivity index (χ1n) is 6.53. The number of unbranched alkanes of at least 4 members (excludes halogenated alkanes) is 2. The second-order valence-electron chi connectivity index (χ2n) is 4.53. The number of hydrogen-bond acceptors (Lipinski definition) is 4. The summed E-state index contributed by atoms with van der Waals surface area (Å²) in [5.74, 6) is 0. The summed E-state index contributed by atoms with van der Waals surface area (Å²) in [7, 11) is -2.35. The lowest BCUT2D eigenvalue weighted by atomic mass is 10.1. The van der Waals surface area contributed by atoms with E-state index in [0.29, 0.717) is 6.42 Å². The minimum absolute atomic E-state index is 0.177. The molecular weight excluding hydrogens is 264 g/mol. The Balaban J connectivity index is 2.84. The Labute approximate surface area is 115 Å². The van der Waals surface area contributed by atoms with Crippen molar-refractivity contribution in [3.05, 3.63) is 30.3 Å². The molecular formula is C14H22O4S. The maximum atomic E-state index is 12.4. The standard InChI is InChI=1S/C14H22O4S/c1-3-4-6-11-13(15)14(18-2)19(16,17)12-9-7-5-8-10-12/h5,7-10,13-15H,3-4,6,11H2,1-2H3. The summed E-state index contributed by atoms with van der Waals surface area (Å²) < 4.78 is 29.7. The molecule has 0 aliphatic carbocycles. The Hall–Kier alpha value is -0.910. The Bertz CT molecular complexity index is 456. The van der Waals surface area contributed by atoms with Crippen LogP contribution in [0, 0.1) is 0 Å². The van der Waals surface area contributed by atoms with Crippen molar-refractivity contribution in [1.29, 1.82) is 0 Å². The highest BCUT2D eigenvalue weighted by atomic mass is 32.2. The van der Waals surface area contributed by atoms with Gasteiger partial charge in [-0.3, -0.25) is 0 Å². The lowest BCUT2D eigenvalue weighted by Crippen LogP contribution is -2.35. The number of benzene rings is 1. The topological polar surface area (TPSA) is 63.6 Å². The summed E-state index contributed by atoms with van der Waals surface area (Å²) in [6, 6.07) is 8.09. The van der Waals surface area contributed by atoms with E-state index in [0.717, 1.165) is 19.3 Å². The van der Waals surface area contributed by atoms with Crippen LogP contribution >= 0.6 is 0 Å². The van der Waals surface area contributed by atoms with Gasteiger partial charge in [0.15, 0.2) is 5.44 Å². The van der Waals surface area contributed by atoms with Crippen LogP contribution < -0.4 is 0 Å². The van der Waals surface area contributed by atoms with Gasteiger partial charge in [-0.2, -0.15) is 0 Å². The molecule has 4 nitrogen and oxygen atoms in total. The number of sulfone groups is 1. The van der Waals surface area contributed by atoms with Gasteiger partial charge in [0.2, 0.25) is 9.84 Å². The van der Waals surface area contributed by atoms with Crippen LogP contribution in [0.3, 0.4) is 0 Å². The molecule has 0 heterocycles. The Morgan fingerprint density at radius 3 is 2.37 bits per heavy atom. The molecule has 0 aliphatic heterocycles. The molecule has 1 aromatic carbocycles. The summed E-state index contributed by atoms with van der Waals surface area (Å²) in [5.41, 5.74) is -1.20.